The van der Waals surface area contributed by atoms with Gasteiger partial charge in [-0.2, -0.15) is 15.0 Å². The maximum Gasteiger partial charge on any atom is 0.230 e. The zero-order valence-electron chi connectivity index (χ0n) is 19.6. The van der Waals surface area contributed by atoms with Gasteiger partial charge in [-0.1, -0.05) is 18.2 Å². The van der Waals surface area contributed by atoms with Gasteiger partial charge in [-0.05, 0) is 82.8 Å². The summed E-state index contributed by atoms with van der Waals surface area (Å²) in [6, 6.07) is 14.5. The summed E-state index contributed by atoms with van der Waals surface area (Å²) in [5.41, 5.74) is 3.81. The Morgan fingerprint density at radius 2 is 1.82 bits per heavy atom. The van der Waals surface area contributed by atoms with Crippen LogP contribution in [0.25, 0.3) is 11.3 Å². The lowest BCUT2D eigenvalue weighted by molar-refractivity contribution is -0.120. The Balaban J connectivity index is 1.43. The fraction of sp³-hybridized carbons (Fsp3) is 0.444. The first-order chi connectivity index (χ1) is 16.7. The summed E-state index contributed by atoms with van der Waals surface area (Å²) in [6.07, 6.45) is 7.69. The van der Waals surface area contributed by atoms with Gasteiger partial charge in [0.05, 0.1) is 17.9 Å². The van der Waals surface area contributed by atoms with Gasteiger partial charge < -0.3 is 15.0 Å². The maximum absolute atomic E-state index is 13.2. The Morgan fingerprint density at radius 3 is 2.59 bits per heavy atom. The monoisotopic (exact) mass is 457 g/mol. The predicted octanol–water partition coefficient (Wildman–Crippen LogP) is 4.74. The predicted molar refractivity (Wildman–Crippen MR) is 131 cm³/mol. The molecule has 1 saturated heterocycles. The number of nitrogens with one attached hydrogen (secondary N) is 1. The average Bonchev–Trinajstić information content (AvgIpc) is 3.61. The molecule has 1 aromatic heterocycles. The van der Waals surface area contributed by atoms with E-state index < -0.39 is 0 Å². The van der Waals surface area contributed by atoms with Crippen molar-refractivity contribution in [1.82, 2.24) is 20.3 Å². The van der Waals surface area contributed by atoms with Gasteiger partial charge in [0, 0.05) is 23.1 Å². The Bertz CT molecular complexity index is 1180. The fourth-order valence-electron chi connectivity index (χ4n) is 5.20. The van der Waals surface area contributed by atoms with E-state index in [0.717, 1.165) is 85.6 Å². The van der Waals surface area contributed by atoms with E-state index in [2.05, 4.69) is 29.5 Å². The number of fused-ring (bicyclic) bond motifs is 1. The number of para-hydroxylation sites is 1. The van der Waals surface area contributed by atoms with Crippen LogP contribution in [-0.4, -0.2) is 40.0 Å². The van der Waals surface area contributed by atoms with E-state index in [1.54, 1.807) is 0 Å². The van der Waals surface area contributed by atoms with E-state index in [9.17, 15) is 4.79 Å². The van der Waals surface area contributed by atoms with Gasteiger partial charge in [0.15, 0.2) is 0 Å². The molecule has 1 amide bonds. The number of hydrogen-bond donors (Lipinski definition) is 1. The highest BCUT2D eigenvalue weighted by molar-refractivity contribution is 5.99. The smallest absolute Gasteiger partial charge is 0.230 e. The third kappa shape index (κ3) is 3.98. The summed E-state index contributed by atoms with van der Waals surface area (Å²) in [5.74, 6) is 2.00. The van der Waals surface area contributed by atoms with Crippen LogP contribution < -0.4 is 15.0 Å². The molecule has 2 aromatic carbocycles. The van der Waals surface area contributed by atoms with E-state index in [0.29, 0.717) is 6.04 Å². The minimum absolute atomic E-state index is 0.177. The van der Waals surface area contributed by atoms with Crippen molar-refractivity contribution in [2.45, 2.75) is 57.5 Å². The zero-order valence-corrected chi connectivity index (χ0v) is 19.6. The number of carbonyl (C=O) groups excluding carboxylic acids is 1. The number of ether oxygens (including phenoxy) is 1. The van der Waals surface area contributed by atoms with E-state index in [1.165, 1.54) is 0 Å². The number of hydrogen-bond acceptors (Lipinski definition) is 5. The molecule has 3 aliphatic rings. The Morgan fingerprint density at radius 1 is 1.03 bits per heavy atom. The second-order valence-corrected chi connectivity index (χ2v) is 9.76. The molecule has 176 valence electrons. The molecule has 0 unspecified atom stereocenters. The Hall–Kier alpha value is -3.19. The molecule has 0 bridgehead atoms. The van der Waals surface area contributed by atoms with Gasteiger partial charge >= 0.3 is 0 Å². The van der Waals surface area contributed by atoms with Crippen molar-refractivity contribution in [3.63, 3.8) is 0 Å². The molecule has 1 aliphatic carbocycles. The molecule has 2 fully saturated rings. The van der Waals surface area contributed by atoms with Crippen molar-refractivity contribution in [3.8, 4) is 22.8 Å². The molecule has 1 atom stereocenters. The van der Waals surface area contributed by atoms with Crippen molar-refractivity contribution < 1.29 is 9.53 Å². The number of piperidine rings is 1. The first-order valence-electron chi connectivity index (χ1n) is 12.5. The first-order valence-corrected chi connectivity index (χ1v) is 12.5. The normalized spacial score (nSPS) is 20.7. The number of nitrogens with zero attached hydrogens (tertiary/aromatic N) is 4. The van der Waals surface area contributed by atoms with E-state index in [4.69, 9.17) is 9.84 Å². The lowest BCUT2D eigenvalue weighted by Gasteiger charge is -2.36. The molecule has 7 nitrogen and oxygen atoms in total. The zero-order chi connectivity index (χ0) is 23.1. The number of anilines is 1. The summed E-state index contributed by atoms with van der Waals surface area (Å²) in [5, 5.41) is 12.9. The number of rotatable bonds is 5. The molecule has 2 aliphatic heterocycles. The number of amides is 1. The maximum atomic E-state index is 13.2. The van der Waals surface area contributed by atoms with Gasteiger partial charge in [0.25, 0.3) is 0 Å². The molecule has 0 radical (unpaired) electrons. The fourth-order valence-corrected chi connectivity index (χ4v) is 5.20. The highest BCUT2D eigenvalue weighted by Gasteiger charge is 2.39. The molecule has 1 N–H and O–H groups in total. The lowest BCUT2D eigenvalue weighted by Crippen LogP contribution is -2.43. The lowest BCUT2D eigenvalue weighted by atomic mass is 9.92. The first kappa shape index (κ1) is 21.4. The largest absolute Gasteiger partial charge is 0.456 e. The van der Waals surface area contributed by atoms with Crippen LogP contribution in [0.1, 0.15) is 50.6 Å². The van der Waals surface area contributed by atoms with Gasteiger partial charge in [-0.15, -0.1) is 0 Å². The third-order valence-electron chi connectivity index (χ3n) is 7.30. The van der Waals surface area contributed by atoms with Gasteiger partial charge in [-0.25, -0.2) is 0 Å². The van der Waals surface area contributed by atoms with Crippen LogP contribution in [0.2, 0.25) is 0 Å². The summed E-state index contributed by atoms with van der Waals surface area (Å²) < 4.78 is 6.53. The van der Waals surface area contributed by atoms with Crippen LogP contribution >= 0.6 is 0 Å². The molecule has 7 heteroatoms. The molecule has 1 saturated carbocycles. The summed E-state index contributed by atoms with van der Waals surface area (Å²) in [4.78, 5) is 17.1. The minimum atomic E-state index is 0.177. The number of aromatic nitrogens is 3. The molecule has 34 heavy (non-hydrogen) atoms. The standard InChI is InChI=1S/C27H31N5O2/c1-18-7-10-23-25(31(18)27(33)19-8-9-19)12-11-22(26(23)34-21-5-3-2-4-6-21)24-17-29-32(30-24)20-13-15-28-16-14-20/h2-6,11-12,17-20,28H,7-10,13-16H2,1H3/t18-/m0/s1. The van der Waals surface area contributed by atoms with E-state index in [1.807, 2.05) is 46.2 Å². The quantitative estimate of drug-likeness (QED) is 0.599. The van der Waals surface area contributed by atoms with Crippen LogP contribution in [-0.2, 0) is 11.2 Å². The van der Waals surface area contributed by atoms with Crippen molar-refractivity contribution in [2.24, 2.45) is 5.92 Å². The van der Waals surface area contributed by atoms with Crippen molar-refractivity contribution in [1.29, 1.82) is 0 Å². The van der Waals surface area contributed by atoms with Gasteiger partial charge in [0.1, 0.15) is 17.2 Å². The summed E-state index contributed by atoms with van der Waals surface area (Å²) >= 11 is 0. The topological polar surface area (TPSA) is 72.3 Å². The van der Waals surface area contributed by atoms with Crippen LogP contribution in [0.5, 0.6) is 11.5 Å². The van der Waals surface area contributed by atoms with Crippen LogP contribution in [0.15, 0.2) is 48.7 Å². The Labute approximate surface area is 200 Å². The third-order valence-corrected chi connectivity index (χ3v) is 7.30. The number of carbonyl (C=O) groups is 1. The highest BCUT2D eigenvalue weighted by Crippen LogP contribution is 2.46. The van der Waals surface area contributed by atoms with Crippen molar-refractivity contribution in [2.75, 3.05) is 18.0 Å². The summed E-state index contributed by atoms with van der Waals surface area (Å²) in [6.45, 7) is 4.14. The van der Waals surface area contributed by atoms with Crippen LogP contribution in [0, 0.1) is 5.92 Å². The molecular formula is C27H31N5O2. The van der Waals surface area contributed by atoms with Crippen LogP contribution in [0.4, 0.5) is 5.69 Å². The van der Waals surface area contributed by atoms with Gasteiger partial charge in [-0.3, -0.25) is 4.79 Å². The molecule has 0 spiro atoms. The van der Waals surface area contributed by atoms with Gasteiger partial charge in [0.2, 0.25) is 5.91 Å². The Kier molecular flexibility index (Phi) is 5.57. The van der Waals surface area contributed by atoms with Crippen molar-refractivity contribution >= 4 is 11.6 Å². The van der Waals surface area contributed by atoms with E-state index in [-0.39, 0.29) is 17.9 Å². The van der Waals surface area contributed by atoms with Crippen LogP contribution in [0.3, 0.4) is 0 Å². The summed E-state index contributed by atoms with van der Waals surface area (Å²) in [7, 11) is 0. The van der Waals surface area contributed by atoms with E-state index >= 15 is 0 Å². The molecule has 3 heterocycles. The molecule has 3 aromatic rings. The second-order valence-electron chi connectivity index (χ2n) is 9.76. The SMILES string of the molecule is C[C@H]1CCc2c(ccc(-c3cnn(C4CCNCC4)n3)c2Oc2ccccc2)N1C(=O)C1CC1. The molecular weight excluding hydrogens is 426 g/mol. The van der Waals surface area contributed by atoms with Crippen molar-refractivity contribution in [3.05, 3.63) is 54.2 Å². The average molecular weight is 458 g/mol. The number of benzene rings is 2. The minimum Gasteiger partial charge on any atom is -0.456 e. The molecule has 6 rings (SSSR count). The second kappa shape index (κ2) is 8.87. The highest BCUT2D eigenvalue weighted by atomic mass is 16.5.